The number of pyridine rings is 1. The minimum Gasteiger partial charge on any atom is -0.441 e. The summed E-state index contributed by atoms with van der Waals surface area (Å²) in [6.45, 7) is 1.67. The Kier molecular flexibility index (Phi) is 4.02. The smallest absolute Gasteiger partial charge is 0.410 e. The Labute approximate surface area is 150 Å². The predicted molar refractivity (Wildman–Crippen MR) is 92.2 cm³/mol. The van der Waals surface area contributed by atoms with Crippen LogP contribution in [0.4, 0.5) is 4.79 Å². The maximum atomic E-state index is 12.7. The second kappa shape index (κ2) is 6.36. The molecular weight excluding hydrogens is 334 g/mol. The van der Waals surface area contributed by atoms with Crippen molar-refractivity contribution < 1.29 is 14.3 Å². The molecule has 2 saturated heterocycles. The predicted octanol–water partition coefficient (Wildman–Crippen LogP) is 1.60. The second-order valence-corrected chi connectivity index (χ2v) is 6.74. The summed E-state index contributed by atoms with van der Waals surface area (Å²) in [6.07, 6.45) is 7.46. The number of carbonyl (C=O) groups excluding carboxylic acids is 2. The van der Waals surface area contributed by atoms with Gasteiger partial charge >= 0.3 is 6.09 Å². The van der Waals surface area contributed by atoms with Gasteiger partial charge in [-0.3, -0.25) is 9.78 Å². The van der Waals surface area contributed by atoms with Gasteiger partial charge in [-0.1, -0.05) is 0 Å². The van der Waals surface area contributed by atoms with E-state index in [1.54, 1.807) is 41.6 Å². The zero-order chi connectivity index (χ0) is 18.1. The summed E-state index contributed by atoms with van der Waals surface area (Å²) in [4.78, 5) is 40.3. The molecule has 0 bridgehead atoms. The Balaban J connectivity index is 1.42. The van der Waals surface area contributed by atoms with Crippen LogP contribution in [0.5, 0.6) is 0 Å². The van der Waals surface area contributed by atoms with Crippen molar-refractivity contribution in [2.75, 3.05) is 26.7 Å². The fourth-order valence-corrected chi connectivity index (χ4v) is 3.43. The quantitative estimate of drug-likeness (QED) is 0.815. The van der Waals surface area contributed by atoms with Crippen LogP contribution in [0.3, 0.4) is 0 Å². The van der Waals surface area contributed by atoms with Gasteiger partial charge < -0.3 is 14.5 Å². The number of hydrogen-bond donors (Lipinski definition) is 0. The Hall–Kier alpha value is -3.03. The number of carbonyl (C=O) groups is 2. The lowest BCUT2D eigenvalue weighted by Gasteiger charge is -2.37. The van der Waals surface area contributed by atoms with Crippen molar-refractivity contribution in [3.05, 3.63) is 42.5 Å². The first-order valence-electron chi connectivity index (χ1n) is 8.52. The summed E-state index contributed by atoms with van der Waals surface area (Å²) in [7, 11) is 1.73. The average molecular weight is 353 g/mol. The van der Waals surface area contributed by atoms with Crippen molar-refractivity contribution in [2.24, 2.45) is 0 Å². The van der Waals surface area contributed by atoms with E-state index in [4.69, 9.17) is 4.74 Å². The van der Waals surface area contributed by atoms with Gasteiger partial charge in [0.05, 0.1) is 12.1 Å². The fraction of sp³-hybridized carbons (Fsp3) is 0.389. The first-order chi connectivity index (χ1) is 12.6. The number of amides is 2. The molecule has 0 radical (unpaired) electrons. The van der Waals surface area contributed by atoms with Gasteiger partial charge in [0, 0.05) is 63.3 Å². The first-order valence-corrected chi connectivity index (χ1v) is 8.52. The molecule has 2 aliphatic rings. The van der Waals surface area contributed by atoms with Crippen LogP contribution in [0.15, 0.2) is 36.9 Å². The minimum absolute atomic E-state index is 0.102. The molecule has 4 heterocycles. The van der Waals surface area contributed by atoms with Crippen molar-refractivity contribution in [3.63, 3.8) is 0 Å². The number of hydrogen-bond acceptors (Lipinski definition) is 6. The van der Waals surface area contributed by atoms with E-state index in [0.29, 0.717) is 43.9 Å². The number of nitrogens with zero attached hydrogens (tertiary/aromatic N) is 5. The van der Waals surface area contributed by atoms with E-state index in [1.807, 2.05) is 12.1 Å². The first kappa shape index (κ1) is 16.4. The fourth-order valence-electron chi connectivity index (χ4n) is 3.43. The normalized spacial score (nSPS) is 18.9. The molecule has 0 atom stereocenters. The molecule has 8 heteroatoms. The van der Waals surface area contributed by atoms with Crippen LogP contribution in [0.2, 0.25) is 0 Å². The molecule has 2 fully saturated rings. The van der Waals surface area contributed by atoms with Crippen LogP contribution in [-0.4, -0.2) is 69.0 Å². The topological polar surface area (TPSA) is 88.5 Å². The van der Waals surface area contributed by atoms with Crippen molar-refractivity contribution in [1.29, 1.82) is 0 Å². The van der Waals surface area contributed by atoms with E-state index in [1.165, 1.54) is 0 Å². The summed E-state index contributed by atoms with van der Waals surface area (Å²) >= 11 is 0. The van der Waals surface area contributed by atoms with Crippen molar-refractivity contribution in [1.82, 2.24) is 24.8 Å². The van der Waals surface area contributed by atoms with Crippen molar-refractivity contribution in [2.45, 2.75) is 18.4 Å². The average Bonchev–Trinajstić information content (AvgIpc) is 2.96. The molecule has 2 aromatic rings. The molecule has 8 nitrogen and oxygen atoms in total. The molecular formula is C18H19N5O3. The third-order valence-corrected chi connectivity index (χ3v) is 4.92. The number of rotatable bonds is 2. The molecule has 134 valence electrons. The largest absolute Gasteiger partial charge is 0.441 e. The Bertz CT molecular complexity index is 816. The molecule has 1 spiro atoms. The number of ether oxygens (including phenoxy) is 1. The lowest BCUT2D eigenvalue weighted by atomic mass is 9.91. The lowest BCUT2D eigenvalue weighted by molar-refractivity contribution is 0.00315. The maximum absolute atomic E-state index is 12.7. The Morgan fingerprint density at radius 1 is 1.19 bits per heavy atom. The van der Waals surface area contributed by atoms with Crippen LogP contribution < -0.4 is 0 Å². The van der Waals surface area contributed by atoms with Crippen LogP contribution in [0.1, 0.15) is 23.2 Å². The van der Waals surface area contributed by atoms with Gasteiger partial charge in [0.1, 0.15) is 5.60 Å². The maximum Gasteiger partial charge on any atom is 0.410 e. The molecule has 0 unspecified atom stereocenters. The van der Waals surface area contributed by atoms with E-state index in [-0.39, 0.29) is 12.0 Å². The molecule has 0 saturated carbocycles. The molecule has 0 N–H and O–H groups in total. The Morgan fingerprint density at radius 2 is 1.92 bits per heavy atom. The van der Waals surface area contributed by atoms with Crippen LogP contribution in [0, 0.1) is 0 Å². The second-order valence-electron chi connectivity index (χ2n) is 6.74. The molecule has 26 heavy (non-hydrogen) atoms. The SMILES string of the molecule is CN1CC2(CCN(C(=O)c3cnc(-c4cccnc4)nc3)CC2)OC1=O. The van der Waals surface area contributed by atoms with Gasteiger partial charge in [-0.2, -0.15) is 0 Å². The summed E-state index contributed by atoms with van der Waals surface area (Å²) in [5.41, 5.74) is 0.802. The van der Waals surface area contributed by atoms with E-state index in [2.05, 4.69) is 15.0 Å². The van der Waals surface area contributed by atoms with Gasteiger partial charge in [0.15, 0.2) is 5.82 Å². The van der Waals surface area contributed by atoms with Gasteiger partial charge in [0.25, 0.3) is 5.91 Å². The van der Waals surface area contributed by atoms with Crippen LogP contribution >= 0.6 is 0 Å². The zero-order valence-electron chi connectivity index (χ0n) is 14.5. The summed E-state index contributed by atoms with van der Waals surface area (Å²) < 4.78 is 5.52. The summed E-state index contributed by atoms with van der Waals surface area (Å²) in [6, 6.07) is 3.68. The van der Waals surface area contributed by atoms with Crippen molar-refractivity contribution in [3.8, 4) is 11.4 Å². The number of piperidine rings is 1. The molecule has 2 aromatic heterocycles. The van der Waals surface area contributed by atoms with Gasteiger partial charge in [-0.05, 0) is 12.1 Å². The van der Waals surface area contributed by atoms with Gasteiger partial charge in [-0.25, -0.2) is 14.8 Å². The molecule has 2 amide bonds. The standard InChI is InChI=1S/C18H19N5O3/c1-22-12-18(26-17(22)25)4-7-23(8-5-18)16(24)14-10-20-15(21-11-14)13-3-2-6-19-9-13/h2-3,6,9-11H,4-5,7-8,12H2,1H3. The third kappa shape index (κ3) is 2.98. The number of likely N-dealkylation sites (tertiary alicyclic amines) is 1. The molecule has 0 aromatic carbocycles. The zero-order valence-corrected chi connectivity index (χ0v) is 14.5. The number of likely N-dealkylation sites (N-methyl/N-ethyl adjacent to an activating group) is 1. The van der Waals surface area contributed by atoms with E-state index in [0.717, 1.165) is 5.56 Å². The minimum atomic E-state index is -0.455. The lowest BCUT2D eigenvalue weighted by Crippen LogP contribution is -2.48. The van der Waals surface area contributed by atoms with Crippen molar-refractivity contribution >= 4 is 12.0 Å². The van der Waals surface area contributed by atoms with E-state index in [9.17, 15) is 9.59 Å². The van der Waals surface area contributed by atoms with Gasteiger partial charge in [-0.15, -0.1) is 0 Å². The van der Waals surface area contributed by atoms with Crippen LogP contribution in [0.25, 0.3) is 11.4 Å². The molecule has 4 rings (SSSR count). The number of aromatic nitrogens is 3. The van der Waals surface area contributed by atoms with E-state index < -0.39 is 5.60 Å². The highest BCUT2D eigenvalue weighted by atomic mass is 16.6. The molecule has 2 aliphatic heterocycles. The summed E-state index contributed by atoms with van der Waals surface area (Å²) in [5.74, 6) is 0.434. The highest BCUT2D eigenvalue weighted by Crippen LogP contribution is 2.32. The van der Waals surface area contributed by atoms with E-state index >= 15 is 0 Å². The Morgan fingerprint density at radius 3 is 2.50 bits per heavy atom. The monoisotopic (exact) mass is 353 g/mol. The highest BCUT2D eigenvalue weighted by Gasteiger charge is 2.46. The van der Waals surface area contributed by atoms with Crippen LogP contribution in [-0.2, 0) is 4.74 Å². The molecule has 0 aliphatic carbocycles. The van der Waals surface area contributed by atoms with Gasteiger partial charge in [0.2, 0.25) is 0 Å². The summed E-state index contributed by atoms with van der Waals surface area (Å²) in [5, 5.41) is 0. The highest BCUT2D eigenvalue weighted by molar-refractivity contribution is 5.93. The third-order valence-electron chi connectivity index (χ3n) is 4.92.